The Morgan fingerprint density at radius 2 is 0.889 bits per heavy atom. The summed E-state index contributed by atoms with van der Waals surface area (Å²) in [5, 5.41) is 5.01. The van der Waals surface area contributed by atoms with Crippen molar-refractivity contribution in [2.45, 2.75) is 19.3 Å². The van der Waals surface area contributed by atoms with E-state index in [2.05, 4.69) is 254 Å². The van der Waals surface area contributed by atoms with Gasteiger partial charge in [-0.15, -0.1) is 0 Å². The molecule has 1 aliphatic rings. The highest BCUT2D eigenvalue weighted by atomic mass is 15.1. The van der Waals surface area contributed by atoms with Crippen LogP contribution in [-0.2, 0) is 5.41 Å². The second-order valence-corrected chi connectivity index (χ2v) is 17.3. The summed E-state index contributed by atoms with van der Waals surface area (Å²) in [5.41, 5.74) is 19.4. The number of anilines is 3. The van der Waals surface area contributed by atoms with Crippen molar-refractivity contribution in [1.29, 1.82) is 0 Å². The van der Waals surface area contributed by atoms with Gasteiger partial charge in [-0.05, 0) is 110 Å². The number of fused-ring (bicyclic) bond motifs is 7. The van der Waals surface area contributed by atoms with Crippen molar-refractivity contribution < 1.29 is 0 Å². The third-order valence-corrected chi connectivity index (χ3v) is 13.4. The lowest BCUT2D eigenvalue weighted by Gasteiger charge is -2.29. The molecule has 0 N–H and O–H groups in total. The molecule has 63 heavy (non-hydrogen) atoms. The van der Waals surface area contributed by atoms with Gasteiger partial charge in [0.15, 0.2) is 0 Å². The van der Waals surface area contributed by atoms with Gasteiger partial charge in [0.25, 0.3) is 0 Å². The van der Waals surface area contributed by atoms with Gasteiger partial charge in [-0.25, -0.2) is 0 Å². The second-order valence-electron chi connectivity index (χ2n) is 17.3. The number of hydrogen-bond acceptors (Lipinski definition) is 1. The number of nitrogens with zero attached hydrogens (tertiary/aromatic N) is 2. The molecule has 298 valence electrons. The first-order valence-corrected chi connectivity index (χ1v) is 21.9. The Balaban J connectivity index is 1.01. The average Bonchev–Trinajstić information content (AvgIpc) is 3.80. The fraction of sp³-hybridized carbons (Fsp3) is 0.0492. The Kier molecular flexibility index (Phi) is 8.55. The zero-order chi connectivity index (χ0) is 42.1. The molecule has 0 saturated carbocycles. The maximum atomic E-state index is 2.44. The Labute approximate surface area is 368 Å². The van der Waals surface area contributed by atoms with Crippen molar-refractivity contribution in [2.75, 3.05) is 4.90 Å². The lowest BCUT2D eigenvalue weighted by Crippen LogP contribution is -2.14. The maximum absolute atomic E-state index is 2.44. The van der Waals surface area contributed by atoms with Gasteiger partial charge in [-0.1, -0.05) is 190 Å². The van der Waals surface area contributed by atoms with Crippen molar-refractivity contribution in [2.24, 2.45) is 0 Å². The van der Waals surface area contributed by atoms with E-state index in [-0.39, 0.29) is 5.41 Å². The summed E-state index contributed by atoms with van der Waals surface area (Å²) in [6.07, 6.45) is 0. The van der Waals surface area contributed by atoms with E-state index in [1.165, 1.54) is 82.6 Å². The van der Waals surface area contributed by atoms with Crippen LogP contribution in [0.15, 0.2) is 231 Å². The smallest absolute Gasteiger partial charge is 0.0541 e. The maximum Gasteiger partial charge on any atom is 0.0541 e. The molecule has 0 amide bonds. The standard InChI is InChI=1S/C61H44N2/c1-61(2)54-24-10-5-22-53(54)60-52(23-15-25-55(60)61)51-21-9-12-27-57(51)62(46-36-32-42(33-37-46)45-31-30-41-16-3-4-17-44(41)40-45)47-38-34-43(35-39-47)48-18-6-11-26-56(48)63-58-28-13-7-19-49(58)50-20-8-14-29-59(50)63/h3-40H,1-2H3. The van der Waals surface area contributed by atoms with E-state index in [0.717, 1.165) is 28.3 Å². The van der Waals surface area contributed by atoms with E-state index in [9.17, 15) is 0 Å². The molecule has 0 atom stereocenters. The minimum Gasteiger partial charge on any atom is -0.310 e. The van der Waals surface area contributed by atoms with Crippen molar-refractivity contribution in [3.05, 3.63) is 242 Å². The molecule has 0 radical (unpaired) electrons. The van der Waals surface area contributed by atoms with Crippen molar-refractivity contribution in [3.63, 3.8) is 0 Å². The molecule has 0 bridgehead atoms. The molecule has 2 nitrogen and oxygen atoms in total. The monoisotopic (exact) mass is 804 g/mol. The highest BCUT2D eigenvalue weighted by molar-refractivity contribution is 6.10. The molecule has 0 spiro atoms. The van der Waals surface area contributed by atoms with E-state index < -0.39 is 0 Å². The summed E-state index contributed by atoms with van der Waals surface area (Å²) in [4.78, 5) is 2.44. The van der Waals surface area contributed by atoms with E-state index in [0.29, 0.717) is 0 Å². The van der Waals surface area contributed by atoms with Gasteiger partial charge in [0.2, 0.25) is 0 Å². The first-order valence-electron chi connectivity index (χ1n) is 21.9. The minimum absolute atomic E-state index is 0.0967. The largest absolute Gasteiger partial charge is 0.310 e. The quantitative estimate of drug-likeness (QED) is 0.156. The molecule has 2 heteroatoms. The van der Waals surface area contributed by atoms with E-state index in [1.54, 1.807) is 0 Å². The zero-order valence-electron chi connectivity index (χ0n) is 35.3. The molecule has 0 aliphatic heterocycles. The van der Waals surface area contributed by atoms with Gasteiger partial charge in [-0.2, -0.15) is 0 Å². The van der Waals surface area contributed by atoms with Gasteiger partial charge >= 0.3 is 0 Å². The molecular formula is C61H44N2. The molecule has 0 unspecified atom stereocenters. The Morgan fingerprint density at radius 1 is 0.365 bits per heavy atom. The van der Waals surface area contributed by atoms with Crippen molar-refractivity contribution in [3.8, 4) is 50.2 Å². The molecule has 12 rings (SSSR count). The van der Waals surface area contributed by atoms with Gasteiger partial charge < -0.3 is 9.47 Å². The highest BCUT2D eigenvalue weighted by Crippen LogP contribution is 2.54. The van der Waals surface area contributed by atoms with Crippen molar-refractivity contribution in [1.82, 2.24) is 4.57 Å². The Hall–Kier alpha value is -7.94. The van der Waals surface area contributed by atoms with Crippen molar-refractivity contribution >= 4 is 49.6 Å². The molecule has 11 aromatic rings. The van der Waals surface area contributed by atoms with Gasteiger partial charge in [0, 0.05) is 38.7 Å². The van der Waals surface area contributed by atoms with Gasteiger partial charge in [0.05, 0.1) is 22.4 Å². The lowest BCUT2D eigenvalue weighted by atomic mass is 9.82. The van der Waals surface area contributed by atoms with E-state index in [1.807, 2.05) is 0 Å². The molecule has 0 saturated heterocycles. The summed E-state index contributed by atoms with van der Waals surface area (Å²) in [7, 11) is 0. The van der Waals surface area contributed by atoms with Crippen LogP contribution >= 0.6 is 0 Å². The number of hydrogen-bond donors (Lipinski definition) is 0. The third kappa shape index (κ3) is 5.94. The number of benzene rings is 10. The summed E-state index contributed by atoms with van der Waals surface area (Å²) in [5.74, 6) is 0. The molecule has 1 heterocycles. The lowest BCUT2D eigenvalue weighted by molar-refractivity contribution is 0.660. The molecule has 1 aliphatic carbocycles. The van der Waals surface area contributed by atoms with E-state index >= 15 is 0 Å². The fourth-order valence-electron chi connectivity index (χ4n) is 10.4. The fourth-order valence-corrected chi connectivity index (χ4v) is 10.4. The van der Waals surface area contributed by atoms with Crippen LogP contribution in [0.1, 0.15) is 25.0 Å². The Morgan fingerprint density at radius 3 is 1.62 bits per heavy atom. The first kappa shape index (κ1) is 36.9. The third-order valence-electron chi connectivity index (χ3n) is 13.4. The van der Waals surface area contributed by atoms with Crippen LogP contribution in [0.2, 0.25) is 0 Å². The predicted octanol–water partition coefficient (Wildman–Crippen LogP) is 16.7. The van der Waals surface area contributed by atoms with Crippen LogP contribution in [0.3, 0.4) is 0 Å². The van der Waals surface area contributed by atoms with Crippen LogP contribution in [0, 0.1) is 0 Å². The van der Waals surface area contributed by atoms with Crippen LogP contribution in [-0.4, -0.2) is 4.57 Å². The van der Waals surface area contributed by atoms with Crippen LogP contribution in [0.25, 0.3) is 82.8 Å². The predicted molar refractivity (Wildman–Crippen MR) is 267 cm³/mol. The molecular weight excluding hydrogens is 761 g/mol. The van der Waals surface area contributed by atoms with Gasteiger partial charge in [-0.3, -0.25) is 0 Å². The molecule has 0 fully saturated rings. The SMILES string of the molecule is CC1(C)c2ccccc2-c2c(-c3ccccc3N(c3ccc(-c4ccc5ccccc5c4)cc3)c3ccc(-c4ccccc4-n4c5ccccc5c5ccccc54)cc3)cccc21. The van der Waals surface area contributed by atoms with Gasteiger partial charge in [0.1, 0.15) is 0 Å². The van der Waals surface area contributed by atoms with E-state index in [4.69, 9.17) is 0 Å². The van der Waals surface area contributed by atoms with Crippen LogP contribution in [0.4, 0.5) is 17.1 Å². The second kappa shape index (κ2) is 14.6. The number of aromatic nitrogens is 1. The zero-order valence-corrected chi connectivity index (χ0v) is 35.3. The number of rotatable bonds is 7. The molecule has 1 aromatic heterocycles. The normalized spacial score (nSPS) is 12.7. The van der Waals surface area contributed by atoms with Crippen LogP contribution in [0.5, 0.6) is 0 Å². The summed E-state index contributed by atoms with van der Waals surface area (Å²) in [6.45, 7) is 4.72. The topological polar surface area (TPSA) is 8.17 Å². The first-order chi connectivity index (χ1) is 31.0. The molecule has 10 aromatic carbocycles. The summed E-state index contributed by atoms with van der Waals surface area (Å²) in [6, 6.07) is 84.6. The Bertz CT molecular complexity index is 3480. The summed E-state index contributed by atoms with van der Waals surface area (Å²) >= 11 is 0. The number of para-hydroxylation sites is 4. The average molecular weight is 805 g/mol. The highest BCUT2D eigenvalue weighted by Gasteiger charge is 2.37. The summed E-state index contributed by atoms with van der Waals surface area (Å²) < 4.78 is 2.42. The van der Waals surface area contributed by atoms with Crippen LogP contribution < -0.4 is 4.90 Å². The minimum atomic E-state index is -0.0967.